The third kappa shape index (κ3) is 1.94. The molecule has 0 bridgehead atoms. The Morgan fingerprint density at radius 1 is 1.47 bits per heavy atom. The minimum absolute atomic E-state index is 0.613. The van der Waals surface area contributed by atoms with Crippen molar-refractivity contribution in [2.75, 3.05) is 11.4 Å². The van der Waals surface area contributed by atoms with E-state index in [1.807, 2.05) is 19.1 Å². The number of anilines is 1. The van der Waals surface area contributed by atoms with Crippen LogP contribution in [0.5, 0.6) is 0 Å². The van der Waals surface area contributed by atoms with Gasteiger partial charge >= 0.3 is 0 Å². The van der Waals surface area contributed by atoms with Crippen molar-refractivity contribution in [3.05, 3.63) is 42.1 Å². The molecule has 0 aromatic heterocycles. The van der Waals surface area contributed by atoms with Gasteiger partial charge in [0.05, 0.1) is 0 Å². The van der Waals surface area contributed by atoms with Gasteiger partial charge in [0.25, 0.3) is 0 Å². The molecule has 0 unspecified atom stereocenters. The average molecular weight is 200 g/mol. The smallest absolute Gasteiger partial charge is 0.0414 e. The van der Waals surface area contributed by atoms with Gasteiger partial charge < -0.3 is 10.3 Å². The molecule has 1 aliphatic heterocycles. The predicted octanol–water partition coefficient (Wildman–Crippen LogP) is 3.19. The van der Waals surface area contributed by atoms with Crippen molar-refractivity contribution in [3.63, 3.8) is 0 Å². The van der Waals surface area contributed by atoms with Crippen LogP contribution in [0.2, 0.25) is 0 Å². The summed E-state index contributed by atoms with van der Waals surface area (Å²) >= 11 is 0. The largest absolute Gasteiger partial charge is 0.346 e. The van der Waals surface area contributed by atoms with Crippen molar-refractivity contribution in [2.45, 2.75) is 19.8 Å². The Labute approximate surface area is 90.7 Å². The van der Waals surface area contributed by atoms with E-state index in [2.05, 4.69) is 23.6 Å². The lowest BCUT2D eigenvalue weighted by Gasteiger charge is -2.19. The fraction of sp³-hybridized carbons (Fsp3) is 0.308. The Balaban J connectivity index is 2.32. The molecule has 1 fully saturated rings. The van der Waals surface area contributed by atoms with E-state index in [1.165, 1.54) is 17.8 Å². The zero-order valence-electron chi connectivity index (χ0n) is 9.09. The minimum atomic E-state index is 0.613. The Kier molecular flexibility index (Phi) is 2.58. The summed E-state index contributed by atoms with van der Waals surface area (Å²) in [5, 5.41) is 7.61. The van der Waals surface area contributed by atoms with Crippen molar-refractivity contribution >= 4 is 11.4 Å². The number of hydrogen-bond donors (Lipinski definition) is 1. The quantitative estimate of drug-likeness (QED) is 0.729. The van der Waals surface area contributed by atoms with Crippen molar-refractivity contribution < 1.29 is 0 Å². The molecule has 0 amide bonds. The molecule has 0 aliphatic carbocycles. The molecule has 0 radical (unpaired) electrons. The number of benzene rings is 1. The molecule has 15 heavy (non-hydrogen) atoms. The lowest BCUT2D eigenvalue weighted by Crippen LogP contribution is -2.15. The van der Waals surface area contributed by atoms with Gasteiger partial charge in [0.2, 0.25) is 0 Å². The Bertz CT molecular complexity index is 407. The maximum Gasteiger partial charge on any atom is 0.0414 e. The van der Waals surface area contributed by atoms with Gasteiger partial charge in [-0.1, -0.05) is 18.7 Å². The fourth-order valence-electron chi connectivity index (χ4n) is 1.95. The topological polar surface area (TPSA) is 27.1 Å². The highest BCUT2D eigenvalue weighted by Crippen LogP contribution is 2.27. The molecular formula is C13H16N2. The first kappa shape index (κ1) is 9.97. The minimum Gasteiger partial charge on any atom is -0.346 e. The summed E-state index contributed by atoms with van der Waals surface area (Å²) in [6.07, 6.45) is 2.28. The van der Waals surface area contributed by atoms with E-state index >= 15 is 0 Å². The third-order valence-electron chi connectivity index (χ3n) is 2.82. The molecule has 0 saturated carbocycles. The van der Waals surface area contributed by atoms with Crippen molar-refractivity contribution in [3.8, 4) is 0 Å². The number of allylic oxidation sites excluding steroid dienone is 1. The van der Waals surface area contributed by atoms with Crippen molar-refractivity contribution in [1.29, 1.82) is 5.41 Å². The highest BCUT2D eigenvalue weighted by atomic mass is 15.2. The van der Waals surface area contributed by atoms with Crippen LogP contribution in [0.1, 0.15) is 25.3 Å². The molecule has 0 atom stereocenters. The first-order valence-electron chi connectivity index (χ1n) is 5.29. The zero-order valence-corrected chi connectivity index (χ0v) is 9.09. The second kappa shape index (κ2) is 3.89. The highest BCUT2D eigenvalue weighted by Gasteiger charge is 2.16. The molecule has 2 heteroatoms. The summed E-state index contributed by atoms with van der Waals surface area (Å²) in [6.45, 7) is 6.93. The van der Waals surface area contributed by atoms with Crippen LogP contribution in [0.3, 0.4) is 0 Å². The summed E-state index contributed by atoms with van der Waals surface area (Å²) in [6, 6.07) is 8.14. The molecule has 1 aromatic carbocycles. The molecule has 0 spiro atoms. The Hall–Kier alpha value is -1.57. The van der Waals surface area contributed by atoms with Crippen LogP contribution in [0.25, 0.3) is 0 Å². The summed E-state index contributed by atoms with van der Waals surface area (Å²) in [7, 11) is 0. The SMILES string of the molecule is C=C1CCCN1c1cccc(C(C)=N)c1. The lowest BCUT2D eigenvalue weighted by molar-refractivity contribution is 0.956. The average Bonchev–Trinajstić information content (AvgIpc) is 2.64. The molecule has 1 heterocycles. The third-order valence-corrected chi connectivity index (χ3v) is 2.82. The van der Waals surface area contributed by atoms with Crippen LogP contribution in [0.4, 0.5) is 5.69 Å². The van der Waals surface area contributed by atoms with E-state index in [0.29, 0.717) is 5.71 Å². The lowest BCUT2D eigenvalue weighted by atomic mass is 10.1. The van der Waals surface area contributed by atoms with Gasteiger partial charge in [-0.05, 0) is 37.5 Å². The standard InChI is InChI=1S/C13H16N2/c1-10-5-4-8-15(10)13-7-3-6-12(9-13)11(2)14/h3,6-7,9,14H,1,4-5,8H2,2H3. The van der Waals surface area contributed by atoms with Crippen LogP contribution in [-0.4, -0.2) is 12.3 Å². The summed E-state index contributed by atoms with van der Waals surface area (Å²) in [5.41, 5.74) is 3.96. The second-order valence-corrected chi connectivity index (χ2v) is 4.00. The van der Waals surface area contributed by atoms with E-state index < -0.39 is 0 Å². The highest BCUT2D eigenvalue weighted by molar-refractivity contribution is 5.97. The number of rotatable bonds is 2. The van der Waals surface area contributed by atoms with E-state index in [4.69, 9.17) is 5.41 Å². The maximum absolute atomic E-state index is 7.61. The van der Waals surface area contributed by atoms with Crippen LogP contribution in [0, 0.1) is 5.41 Å². The van der Waals surface area contributed by atoms with Gasteiger partial charge in [0.1, 0.15) is 0 Å². The van der Waals surface area contributed by atoms with Gasteiger partial charge in [-0.15, -0.1) is 0 Å². The molecule has 1 N–H and O–H groups in total. The molecule has 78 valence electrons. The first-order chi connectivity index (χ1) is 7.18. The number of nitrogens with one attached hydrogen (secondary N) is 1. The predicted molar refractivity (Wildman–Crippen MR) is 64.7 cm³/mol. The van der Waals surface area contributed by atoms with E-state index in [1.54, 1.807) is 0 Å². The Morgan fingerprint density at radius 3 is 2.87 bits per heavy atom. The molecule has 1 aromatic rings. The molecule has 2 rings (SSSR count). The first-order valence-corrected chi connectivity index (χ1v) is 5.29. The van der Waals surface area contributed by atoms with Gasteiger partial charge in [0.15, 0.2) is 0 Å². The van der Waals surface area contributed by atoms with Crippen molar-refractivity contribution in [2.24, 2.45) is 0 Å². The zero-order chi connectivity index (χ0) is 10.8. The summed E-state index contributed by atoms with van der Waals surface area (Å²) in [4.78, 5) is 2.24. The van der Waals surface area contributed by atoms with Crippen LogP contribution in [0.15, 0.2) is 36.5 Å². The molecule has 1 aliphatic rings. The van der Waals surface area contributed by atoms with Crippen LogP contribution >= 0.6 is 0 Å². The summed E-state index contributed by atoms with van der Waals surface area (Å²) < 4.78 is 0. The molecule has 2 nitrogen and oxygen atoms in total. The number of nitrogens with zero attached hydrogens (tertiary/aromatic N) is 1. The normalized spacial score (nSPS) is 15.8. The van der Waals surface area contributed by atoms with E-state index in [-0.39, 0.29) is 0 Å². The van der Waals surface area contributed by atoms with E-state index in [9.17, 15) is 0 Å². The number of hydrogen-bond acceptors (Lipinski definition) is 2. The van der Waals surface area contributed by atoms with Gasteiger partial charge in [-0.3, -0.25) is 0 Å². The monoisotopic (exact) mass is 200 g/mol. The summed E-state index contributed by atoms with van der Waals surface area (Å²) in [5.74, 6) is 0. The maximum atomic E-state index is 7.61. The van der Waals surface area contributed by atoms with Crippen LogP contribution < -0.4 is 4.90 Å². The van der Waals surface area contributed by atoms with Crippen molar-refractivity contribution in [1.82, 2.24) is 0 Å². The fourth-order valence-corrected chi connectivity index (χ4v) is 1.95. The Morgan fingerprint density at radius 2 is 2.27 bits per heavy atom. The molecular weight excluding hydrogens is 184 g/mol. The van der Waals surface area contributed by atoms with Gasteiger partial charge in [0, 0.05) is 23.6 Å². The van der Waals surface area contributed by atoms with E-state index in [0.717, 1.165) is 18.5 Å². The van der Waals surface area contributed by atoms with Crippen LogP contribution in [-0.2, 0) is 0 Å². The van der Waals surface area contributed by atoms with Gasteiger partial charge in [-0.2, -0.15) is 0 Å². The second-order valence-electron chi connectivity index (χ2n) is 4.00. The molecule has 1 saturated heterocycles. The van der Waals surface area contributed by atoms with Gasteiger partial charge in [-0.25, -0.2) is 0 Å².